The normalized spacial score (nSPS) is 16.0. The minimum atomic E-state index is -4.57. The smallest absolute Gasteiger partial charge is 0.382 e. The monoisotopic (exact) mass is 438 g/mol. The van der Waals surface area contributed by atoms with Crippen LogP contribution in [0.15, 0.2) is 41.6 Å². The van der Waals surface area contributed by atoms with Crippen LogP contribution >= 0.6 is 23.2 Å². The fourth-order valence-corrected chi connectivity index (χ4v) is 2.88. The molecule has 0 N–H and O–H groups in total. The summed E-state index contributed by atoms with van der Waals surface area (Å²) < 4.78 is 50.1. The molecule has 0 spiro atoms. The molecule has 5 nitrogen and oxygen atoms in total. The Bertz CT molecular complexity index is 869. The van der Waals surface area contributed by atoms with Gasteiger partial charge in [-0.25, -0.2) is 0 Å². The minimum absolute atomic E-state index is 0.0276. The Kier molecular flexibility index (Phi) is 6.84. The maximum atomic E-state index is 13.1. The largest absolute Gasteiger partial charge is 0.428 e. The molecule has 1 aliphatic rings. The van der Waals surface area contributed by atoms with Gasteiger partial charge in [0.25, 0.3) is 0 Å². The zero-order valence-corrected chi connectivity index (χ0v) is 15.6. The predicted molar refractivity (Wildman–Crippen MR) is 96.3 cm³/mol. The van der Waals surface area contributed by atoms with Crippen molar-refractivity contribution in [2.75, 3.05) is 0 Å². The van der Waals surface area contributed by atoms with Crippen molar-refractivity contribution < 1.29 is 27.3 Å². The molecule has 0 saturated carbocycles. The Balaban J connectivity index is 0.000000261. The van der Waals surface area contributed by atoms with Crippen molar-refractivity contribution in [2.45, 2.75) is 25.6 Å². The molecular formula is C17H12Cl2F4N2O3. The number of nitro benzene ring substituents is 1. The van der Waals surface area contributed by atoms with Crippen LogP contribution in [0, 0.1) is 22.9 Å². The Hall–Kier alpha value is -2.39. The molecule has 2 aromatic rings. The zero-order valence-electron chi connectivity index (χ0n) is 14.1. The molecule has 11 heteroatoms. The lowest BCUT2D eigenvalue weighted by Crippen LogP contribution is -2.28. The SMILES string of the molecule is Cc1cc(Cl)cc(Cl)c1.O=[N+]([O-])c1cc(C2=NOC(C(F)(F)F)C2)ccc1F. The van der Waals surface area contributed by atoms with Crippen LogP contribution in [0.25, 0.3) is 0 Å². The van der Waals surface area contributed by atoms with Crippen LogP contribution in [0.2, 0.25) is 10.0 Å². The third-order valence-corrected chi connectivity index (χ3v) is 3.95. The second-order valence-corrected chi connectivity index (χ2v) is 6.62. The third-order valence-electron chi connectivity index (χ3n) is 3.52. The van der Waals surface area contributed by atoms with E-state index in [0.717, 1.165) is 23.8 Å². The molecule has 3 rings (SSSR count). The van der Waals surface area contributed by atoms with E-state index in [2.05, 4.69) is 9.99 Å². The molecule has 2 aromatic carbocycles. The highest BCUT2D eigenvalue weighted by atomic mass is 35.5. The summed E-state index contributed by atoms with van der Waals surface area (Å²) in [5.74, 6) is -1.07. The van der Waals surface area contributed by atoms with Crippen molar-refractivity contribution in [2.24, 2.45) is 5.16 Å². The number of nitrogens with zero attached hydrogens (tertiary/aromatic N) is 2. The van der Waals surface area contributed by atoms with Gasteiger partial charge in [-0.15, -0.1) is 0 Å². The Morgan fingerprint density at radius 2 is 1.79 bits per heavy atom. The molecule has 1 aliphatic heterocycles. The topological polar surface area (TPSA) is 64.7 Å². The molecule has 1 unspecified atom stereocenters. The Labute approximate surface area is 166 Å². The first-order valence-corrected chi connectivity index (χ1v) is 8.39. The molecule has 1 atom stereocenters. The molecule has 0 fully saturated rings. The van der Waals surface area contributed by atoms with Gasteiger partial charge in [0.15, 0.2) is 0 Å². The fraction of sp³-hybridized carbons (Fsp3) is 0.235. The number of hydrogen-bond donors (Lipinski definition) is 0. The molecule has 1 heterocycles. The molecule has 0 aliphatic carbocycles. The fourth-order valence-electron chi connectivity index (χ4n) is 2.25. The maximum absolute atomic E-state index is 13.1. The summed E-state index contributed by atoms with van der Waals surface area (Å²) in [7, 11) is 0. The number of nitro groups is 1. The highest BCUT2D eigenvalue weighted by Gasteiger charge is 2.45. The van der Waals surface area contributed by atoms with Gasteiger partial charge in [-0.05, 0) is 42.8 Å². The summed E-state index contributed by atoms with van der Waals surface area (Å²) in [4.78, 5) is 13.8. The number of aryl methyl sites for hydroxylation is 1. The van der Waals surface area contributed by atoms with Gasteiger partial charge in [-0.3, -0.25) is 10.1 Å². The van der Waals surface area contributed by atoms with E-state index in [9.17, 15) is 27.7 Å². The molecular weight excluding hydrogens is 427 g/mol. The minimum Gasteiger partial charge on any atom is -0.382 e. The maximum Gasteiger partial charge on any atom is 0.428 e. The van der Waals surface area contributed by atoms with Gasteiger partial charge in [-0.2, -0.15) is 17.6 Å². The van der Waals surface area contributed by atoms with E-state index in [1.54, 1.807) is 6.07 Å². The summed E-state index contributed by atoms with van der Waals surface area (Å²) in [6.07, 6.45) is -7.21. The molecule has 150 valence electrons. The summed E-state index contributed by atoms with van der Waals surface area (Å²) in [5, 5.41) is 15.2. The summed E-state index contributed by atoms with van der Waals surface area (Å²) in [5.41, 5.74) is 0.188. The summed E-state index contributed by atoms with van der Waals surface area (Å²) in [6.45, 7) is 1.96. The van der Waals surface area contributed by atoms with Crippen molar-refractivity contribution in [1.29, 1.82) is 0 Å². The van der Waals surface area contributed by atoms with Gasteiger partial charge < -0.3 is 4.84 Å². The lowest BCUT2D eigenvalue weighted by atomic mass is 10.0. The lowest BCUT2D eigenvalue weighted by Gasteiger charge is -2.11. The third kappa shape index (κ3) is 5.80. The van der Waals surface area contributed by atoms with Crippen molar-refractivity contribution in [3.8, 4) is 0 Å². The lowest BCUT2D eigenvalue weighted by molar-refractivity contribution is -0.387. The first-order valence-electron chi connectivity index (χ1n) is 7.64. The predicted octanol–water partition coefficient (Wildman–Crippen LogP) is 6.09. The van der Waals surface area contributed by atoms with Crippen LogP contribution in [-0.2, 0) is 4.84 Å². The van der Waals surface area contributed by atoms with Crippen LogP contribution < -0.4 is 0 Å². The second kappa shape index (κ2) is 8.74. The molecule has 28 heavy (non-hydrogen) atoms. The van der Waals surface area contributed by atoms with Gasteiger partial charge in [-0.1, -0.05) is 28.4 Å². The number of benzene rings is 2. The molecule has 0 saturated heterocycles. The first kappa shape index (κ1) is 21.9. The summed E-state index contributed by atoms with van der Waals surface area (Å²) >= 11 is 11.3. The highest BCUT2D eigenvalue weighted by Crippen LogP contribution is 2.31. The molecule has 0 radical (unpaired) electrons. The van der Waals surface area contributed by atoms with Crippen molar-refractivity contribution >= 4 is 34.6 Å². The summed E-state index contributed by atoms with van der Waals surface area (Å²) in [6, 6.07) is 8.20. The van der Waals surface area contributed by atoms with Gasteiger partial charge in [0.2, 0.25) is 11.9 Å². The van der Waals surface area contributed by atoms with E-state index in [4.69, 9.17) is 23.2 Å². The van der Waals surface area contributed by atoms with E-state index >= 15 is 0 Å². The highest BCUT2D eigenvalue weighted by molar-refractivity contribution is 6.34. The second-order valence-electron chi connectivity index (χ2n) is 5.75. The van der Waals surface area contributed by atoms with E-state index in [1.165, 1.54) is 0 Å². The van der Waals surface area contributed by atoms with Gasteiger partial charge in [0.05, 0.1) is 10.6 Å². The van der Waals surface area contributed by atoms with E-state index < -0.39 is 35.1 Å². The van der Waals surface area contributed by atoms with Crippen molar-refractivity contribution in [3.05, 3.63) is 73.5 Å². The number of alkyl halides is 3. The standard InChI is InChI=1S/C10H6F4N2O3.C7H6Cl2/c11-6-2-1-5(3-8(6)16(17)18)7-4-9(19-15-7)10(12,13)14;1-5-2-6(8)4-7(9)3-5/h1-3,9H,4H2;2-4H,1H3. The van der Waals surface area contributed by atoms with Crippen LogP contribution in [0.5, 0.6) is 0 Å². The van der Waals surface area contributed by atoms with Crippen LogP contribution in [-0.4, -0.2) is 22.9 Å². The quantitative estimate of drug-likeness (QED) is 0.323. The molecule has 0 amide bonds. The van der Waals surface area contributed by atoms with E-state index in [-0.39, 0.29) is 11.3 Å². The van der Waals surface area contributed by atoms with Crippen molar-refractivity contribution in [3.63, 3.8) is 0 Å². The Morgan fingerprint density at radius 3 is 2.25 bits per heavy atom. The molecule has 0 bridgehead atoms. The number of hydrogen-bond acceptors (Lipinski definition) is 4. The van der Waals surface area contributed by atoms with Crippen molar-refractivity contribution in [1.82, 2.24) is 0 Å². The van der Waals surface area contributed by atoms with Crippen LogP contribution in [0.4, 0.5) is 23.2 Å². The number of oxime groups is 1. The van der Waals surface area contributed by atoms with Gasteiger partial charge in [0.1, 0.15) is 0 Å². The average Bonchev–Trinajstić information content (AvgIpc) is 3.04. The molecule has 0 aromatic heterocycles. The number of halogens is 6. The first-order chi connectivity index (χ1) is 13.0. The van der Waals surface area contributed by atoms with Gasteiger partial charge >= 0.3 is 11.9 Å². The average molecular weight is 439 g/mol. The Morgan fingerprint density at radius 1 is 1.18 bits per heavy atom. The van der Waals surface area contributed by atoms with Crippen LogP contribution in [0.3, 0.4) is 0 Å². The van der Waals surface area contributed by atoms with Crippen LogP contribution in [0.1, 0.15) is 17.5 Å². The van der Waals surface area contributed by atoms with E-state index in [1.807, 2.05) is 19.1 Å². The van der Waals surface area contributed by atoms with Gasteiger partial charge in [0, 0.05) is 28.1 Å². The van der Waals surface area contributed by atoms with E-state index in [0.29, 0.717) is 10.0 Å². The number of rotatable bonds is 2. The zero-order chi connectivity index (χ0) is 21.1.